The number of para-hydroxylation sites is 2. The minimum atomic E-state index is 0.648. The molecule has 0 radical (unpaired) electrons. The zero-order chi connectivity index (χ0) is 12.1. The lowest BCUT2D eigenvalue weighted by molar-refractivity contribution is 0.186. The molecule has 3 heteroatoms. The molecule has 1 unspecified atom stereocenters. The fourth-order valence-electron chi connectivity index (χ4n) is 2.26. The molecule has 0 bridgehead atoms. The van der Waals surface area contributed by atoms with Crippen LogP contribution in [-0.4, -0.2) is 33.4 Å². The Morgan fingerprint density at radius 3 is 2.94 bits per heavy atom. The molecule has 1 aromatic carbocycles. The predicted molar refractivity (Wildman–Crippen MR) is 69.8 cm³/mol. The normalized spacial score (nSPS) is 19.3. The van der Waals surface area contributed by atoms with Crippen LogP contribution < -0.4 is 9.64 Å². The van der Waals surface area contributed by atoms with E-state index in [0.717, 1.165) is 25.5 Å². The van der Waals surface area contributed by atoms with Gasteiger partial charge in [-0.3, -0.25) is 0 Å². The van der Waals surface area contributed by atoms with Crippen molar-refractivity contribution in [1.29, 1.82) is 0 Å². The van der Waals surface area contributed by atoms with E-state index in [4.69, 9.17) is 9.47 Å². The Balaban J connectivity index is 2.03. The van der Waals surface area contributed by atoms with Gasteiger partial charge in [-0.2, -0.15) is 0 Å². The fraction of sp³-hybridized carbons (Fsp3) is 0.571. The third-order valence-electron chi connectivity index (χ3n) is 3.13. The van der Waals surface area contributed by atoms with Crippen molar-refractivity contribution in [1.82, 2.24) is 0 Å². The highest BCUT2D eigenvalue weighted by Crippen LogP contribution is 2.28. The molecule has 0 aliphatic carbocycles. The van der Waals surface area contributed by atoms with Gasteiger partial charge in [0.05, 0.1) is 18.9 Å². The van der Waals surface area contributed by atoms with Crippen LogP contribution in [-0.2, 0) is 4.74 Å². The van der Waals surface area contributed by atoms with E-state index < -0.39 is 0 Å². The van der Waals surface area contributed by atoms with Crippen molar-refractivity contribution in [3.05, 3.63) is 24.3 Å². The molecule has 1 fully saturated rings. The van der Waals surface area contributed by atoms with E-state index in [-0.39, 0.29) is 0 Å². The Morgan fingerprint density at radius 1 is 1.41 bits per heavy atom. The number of hydrogen-bond donors (Lipinski definition) is 0. The summed E-state index contributed by atoms with van der Waals surface area (Å²) in [5.74, 6) is 1.62. The molecule has 0 aromatic heterocycles. The van der Waals surface area contributed by atoms with Crippen LogP contribution in [0.25, 0.3) is 0 Å². The van der Waals surface area contributed by atoms with Crippen molar-refractivity contribution in [3.8, 4) is 5.75 Å². The number of benzene rings is 1. The predicted octanol–water partition coefficient (Wildman–Crippen LogP) is 2.56. The van der Waals surface area contributed by atoms with Crippen LogP contribution in [0.2, 0.25) is 0 Å². The first-order chi connectivity index (χ1) is 8.31. The highest BCUT2D eigenvalue weighted by atomic mass is 16.5. The molecular weight excluding hydrogens is 214 g/mol. The highest BCUT2D eigenvalue weighted by molar-refractivity contribution is 5.57. The van der Waals surface area contributed by atoms with Gasteiger partial charge in [0, 0.05) is 26.1 Å². The fourth-order valence-corrected chi connectivity index (χ4v) is 2.26. The topological polar surface area (TPSA) is 21.7 Å². The molecule has 0 saturated carbocycles. The average Bonchev–Trinajstić information content (AvgIpc) is 2.83. The summed E-state index contributed by atoms with van der Waals surface area (Å²) in [6.45, 7) is 5.55. The maximum absolute atomic E-state index is 5.65. The van der Waals surface area contributed by atoms with Crippen LogP contribution in [0.4, 0.5) is 5.69 Å². The lowest BCUT2D eigenvalue weighted by Crippen LogP contribution is -2.26. The lowest BCUT2D eigenvalue weighted by Gasteiger charge is -2.24. The third kappa shape index (κ3) is 3.13. The van der Waals surface area contributed by atoms with Crippen molar-refractivity contribution < 1.29 is 9.47 Å². The zero-order valence-corrected chi connectivity index (χ0v) is 10.7. The van der Waals surface area contributed by atoms with E-state index >= 15 is 0 Å². The van der Waals surface area contributed by atoms with E-state index in [9.17, 15) is 0 Å². The standard InChI is InChI=1S/C14H21NO2/c1-3-17-14-7-5-4-6-13(14)15(2)10-12-8-9-16-11-12/h4-7,12H,3,8-11H2,1-2H3. The molecule has 1 heterocycles. The zero-order valence-electron chi connectivity index (χ0n) is 10.7. The minimum Gasteiger partial charge on any atom is -0.492 e. The van der Waals surface area contributed by atoms with Gasteiger partial charge in [-0.15, -0.1) is 0 Å². The van der Waals surface area contributed by atoms with Gasteiger partial charge in [0.25, 0.3) is 0 Å². The Morgan fingerprint density at radius 2 is 2.24 bits per heavy atom. The molecule has 2 rings (SSSR count). The summed E-state index contributed by atoms with van der Waals surface area (Å²) >= 11 is 0. The van der Waals surface area contributed by atoms with Gasteiger partial charge in [-0.25, -0.2) is 0 Å². The molecule has 0 spiro atoms. The quantitative estimate of drug-likeness (QED) is 0.783. The summed E-state index contributed by atoms with van der Waals surface area (Å²) in [4.78, 5) is 2.27. The summed E-state index contributed by atoms with van der Waals surface area (Å²) < 4.78 is 11.1. The van der Waals surface area contributed by atoms with Crippen molar-refractivity contribution in [3.63, 3.8) is 0 Å². The van der Waals surface area contributed by atoms with Gasteiger partial charge in [0.15, 0.2) is 0 Å². The molecule has 17 heavy (non-hydrogen) atoms. The maximum atomic E-state index is 5.65. The van der Waals surface area contributed by atoms with Crippen LogP contribution in [0.5, 0.6) is 5.75 Å². The van der Waals surface area contributed by atoms with Crippen molar-refractivity contribution in [2.24, 2.45) is 5.92 Å². The third-order valence-corrected chi connectivity index (χ3v) is 3.13. The number of hydrogen-bond acceptors (Lipinski definition) is 3. The summed E-state index contributed by atoms with van der Waals surface area (Å²) in [5.41, 5.74) is 1.17. The van der Waals surface area contributed by atoms with Crippen LogP contribution in [0, 0.1) is 5.92 Å². The molecule has 1 atom stereocenters. The van der Waals surface area contributed by atoms with Crippen molar-refractivity contribution in [2.45, 2.75) is 13.3 Å². The van der Waals surface area contributed by atoms with E-state index in [1.165, 1.54) is 12.1 Å². The first kappa shape index (κ1) is 12.2. The number of rotatable bonds is 5. The maximum Gasteiger partial charge on any atom is 0.142 e. The SMILES string of the molecule is CCOc1ccccc1N(C)CC1CCOC1. The smallest absolute Gasteiger partial charge is 0.142 e. The van der Waals surface area contributed by atoms with Crippen LogP contribution in [0.1, 0.15) is 13.3 Å². The van der Waals surface area contributed by atoms with Crippen LogP contribution in [0.3, 0.4) is 0 Å². The Bertz CT molecular complexity index is 348. The van der Waals surface area contributed by atoms with Crippen LogP contribution >= 0.6 is 0 Å². The number of anilines is 1. The van der Waals surface area contributed by atoms with Crippen LogP contribution in [0.15, 0.2) is 24.3 Å². The summed E-state index contributed by atoms with van der Waals surface area (Å²) in [6, 6.07) is 8.21. The first-order valence-electron chi connectivity index (χ1n) is 6.32. The molecule has 3 nitrogen and oxygen atoms in total. The van der Waals surface area contributed by atoms with Gasteiger partial charge in [0.2, 0.25) is 0 Å². The second-order valence-corrected chi connectivity index (χ2v) is 4.51. The second kappa shape index (κ2) is 5.92. The van der Waals surface area contributed by atoms with E-state index in [2.05, 4.69) is 24.1 Å². The number of nitrogens with zero attached hydrogens (tertiary/aromatic N) is 1. The molecule has 94 valence electrons. The van der Waals surface area contributed by atoms with Gasteiger partial charge in [-0.1, -0.05) is 12.1 Å². The molecular formula is C14H21NO2. The second-order valence-electron chi connectivity index (χ2n) is 4.51. The van der Waals surface area contributed by atoms with E-state index in [1.807, 2.05) is 19.1 Å². The minimum absolute atomic E-state index is 0.648. The molecule has 0 N–H and O–H groups in total. The molecule has 0 amide bonds. The van der Waals surface area contributed by atoms with Gasteiger partial charge < -0.3 is 14.4 Å². The average molecular weight is 235 g/mol. The van der Waals surface area contributed by atoms with E-state index in [0.29, 0.717) is 12.5 Å². The van der Waals surface area contributed by atoms with Crippen molar-refractivity contribution >= 4 is 5.69 Å². The lowest BCUT2D eigenvalue weighted by atomic mass is 10.1. The Labute approximate surface area is 103 Å². The van der Waals surface area contributed by atoms with Gasteiger partial charge in [0.1, 0.15) is 5.75 Å². The monoisotopic (exact) mass is 235 g/mol. The summed E-state index contributed by atoms with van der Waals surface area (Å²) in [5, 5.41) is 0. The largest absolute Gasteiger partial charge is 0.492 e. The molecule has 1 saturated heterocycles. The van der Waals surface area contributed by atoms with Gasteiger partial charge >= 0.3 is 0 Å². The highest BCUT2D eigenvalue weighted by Gasteiger charge is 2.18. The molecule has 1 aromatic rings. The van der Waals surface area contributed by atoms with Gasteiger partial charge in [-0.05, 0) is 25.5 Å². The molecule has 1 aliphatic heterocycles. The Hall–Kier alpha value is -1.22. The van der Waals surface area contributed by atoms with E-state index in [1.54, 1.807) is 0 Å². The van der Waals surface area contributed by atoms with Crippen molar-refractivity contribution in [2.75, 3.05) is 38.3 Å². The number of ether oxygens (including phenoxy) is 2. The summed E-state index contributed by atoms with van der Waals surface area (Å²) in [6.07, 6.45) is 1.17. The Kier molecular flexibility index (Phi) is 4.26. The summed E-state index contributed by atoms with van der Waals surface area (Å²) in [7, 11) is 2.12. The first-order valence-corrected chi connectivity index (χ1v) is 6.32. The molecule has 1 aliphatic rings.